The molecule has 3 rings (SSSR count). The lowest BCUT2D eigenvalue weighted by Gasteiger charge is -1.97. The molecule has 0 saturated heterocycles. The fourth-order valence-electron chi connectivity index (χ4n) is 1.76. The molecule has 0 saturated carbocycles. The second-order valence-electron chi connectivity index (χ2n) is 3.83. The van der Waals surface area contributed by atoms with Gasteiger partial charge in [0.15, 0.2) is 5.65 Å². The normalized spacial score (nSPS) is 11.2. The van der Waals surface area contributed by atoms with Gasteiger partial charge in [-0.15, -0.1) is 11.3 Å². The van der Waals surface area contributed by atoms with Crippen LogP contribution < -0.4 is 0 Å². The van der Waals surface area contributed by atoms with E-state index in [9.17, 15) is 0 Å². The van der Waals surface area contributed by atoms with E-state index in [4.69, 9.17) is 0 Å². The number of fused-ring (bicyclic) bond motifs is 1. The number of pyridine rings is 1. The van der Waals surface area contributed by atoms with Crippen LogP contribution in [-0.2, 0) is 0 Å². The smallest absolute Gasteiger partial charge is 0.151 e. The maximum Gasteiger partial charge on any atom is 0.151 e. The van der Waals surface area contributed by atoms with Gasteiger partial charge in [-0.2, -0.15) is 0 Å². The largest absolute Gasteiger partial charge is 0.305 e. The number of hydrogen-bond donors (Lipinski definition) is 0. The molecule has 17 heavy (non-hydrogen) atoms. The molecule has 3 aromatic heterocycles. The van der Waals surface area contributed by atoms with Crippen molar-refractivity contribution in [1.29, 1.82) is 0 Å². The maximum atomic E-state index is 4.64. The number of nitrogens with zero attached hydrogens (tertiary/aromatic N) is 2. The van der Waals surface area contributed by atoms with Crippen molar-refractivity contribution in [3.8, 4) is 10.6 Å². The van der Waals surface area contributed by atoms with Crippen LogP contribution in [0.1, 0.15) is 5.56 Å². The van der Waals surface area contributed by atoms with Crippen LogP contribution in [0.2, 0.25) is 0 Å². The first kappa shape index (κ1) is 11.4. The first-order valence-corrected chi connectivity index (χ1v) is 7.44. The average molecular weight is 372 g/mol. The van der Waals surface area contributed by atoms with Gasteiger partial charge < -0.3 is 4.40 Å². The Morgan fingerprint density at radius 3 is 2.76 bits per heavy atom. The first-order valence-electron chi connectivity index (χ1n) is 5.04. The summed E-state index contributed by atoms with van der Waals surface area (Å²) in [4.78, 5) is 5.81. The molecule has 0 unspecified atom stereocenters. The van der Waals surface area contributed by atoms with E-state index in [0.29, 0.717) is 0 Å². The Bertz CT molecular complexity index is 700. The van der Waals surface area contributed by atoms with Crippen LogP contribution in [0, 0.1) is 6.92 Å². The van der Waals surface area contributed by atoms with E-state index in [0.717, 1.165) is 19.6 Å². The zero-order valence-electron chi connectivity index (χ0n) is 8.95. The summed E-state index contributed by atoms with van der Waals surface area (Å²) in [6.45, 7) is 2.08. The van der Waals surface area contributed by atoms with Crippen molar-refractivity contribution >= 4 is 48.8 Å². The number of hydrogen-bond acceptors (Lipinski definition) is 2. The summed E-state index contributed by atoms with van der Waals surface area (Å²) >= 11 is 8.72. The fraction of sp³-hybridized carbons (Fsp3) is 0.0833. The molecule has 86 valence electrons. The van der Waals surface area contributed by atoms with E-state index in [1.807, 2.05) is 6.07 Å². The third-order valence-electron chi connectivity index (χ3n) is 2.47. The second-order valence-corrected chi connectivity index (χ2v) is 7.14. The molecular weight excluding hydrogens is 364 g/mol. The number of imidazole rings is 1. The zero-order valence-corrected chi connectivity index (χ0v) is 12.9. The van der Waals surface area contributed by atoms with Gasteiger partial charge in [-0.3, -0.25) is 0 Å². The average Bonchev–Trinajstić information content (AvgIpc) is 2.83. The summed E-state index contributed by atoms with van der Waals surface area (Å²) in [5.74, 6) is 0. The van der Waals surface area contributed by atoms with Crippen LogP contribution in [0.5, 0.6) is 0 Å². The van der Waals surface area contributed by atoms with Crippen LogP contribution in [0.4, 0.5) is 0 Å². The Kier molecular flexibility index (Phi) is 2.84. The van der Waals surface area contributed by atoms with Gasteiger partial charge in [0.2, 0.25) is 0 Å². The lowest BCUT2D eigenvalue weighted by Crippen LogP contribution is -1.85. The van der Waals surface area contributed by atoms with Crippen molar-refractivity contribution in [1.82, 2.24) is 9.38 Å². The van der Waals surface area contributed by atoms with Gasteiger partial charge in [0.05, 0.1) is 18.8 Å². The molecule has 2 nitrogen and oxygen atoms in total. The van der Waals surface area contributed by atoms with Crippen LogP contribution in [-0.4, -0.2) is 9.38 Å². The van der Waals surface area contributed by atoms with E-state index >= 15 is 0 Å². The molecule has 0 aromatic carbocycles. The molecule has 0 fully saturated rings. The van der Waals surface area contributed by atoms with E-state index < -0.39 is 0 Å². The van der Waals surface area contributed by atoms with Crippen molar-refractivity contribution in [3.63, 3.8) is 0 Å². The third-order valence-corrected chi connectivity index (χ3v) is 4.70. The van der Waals surface area contributed by atoms with Gasteiger partial charge >= 0.3 is 0 Å². The van der Waals surface area contributed by atoms with Crippen molar-refractivity contribution < 1.29 is 0 Å². The van der Waals surface area contributed by atoms with Gasteiger partial charge in [-0.1, -0.05) is 0 Å². The Balaban J connectivity index is 2.23. The molecule has 0 spiro atoms. The highest BCUT2D eigenvalue weighted by molar-refractivity contribution is 9.11. The Morgan fingerprint density at radius 1 is 1.24 bits per heavy atom. The monoisotopic (exact) mass is 370 g/mol. The van der Waals surface area contributed by atoms with Crippen molar-refractivity contribution in [2.24, 2.45) is 0 Å². The first-order chi connectivity index (χ1) is 8.13. The van der Waals surface area contributed by atoms with E-state index in [-0.39, 0.29) is 0 Å². The second kappa shape index (κ2) is 4.23. The highest BCUT2D eigenvalue weighted by atomic mass is 79.9. The minimum absolute atomic E-state index is 0.954. The number of thiophene rings is 1. The minimum atomic E-state index is 0.954. The van der Waals surface area contributed by atoms with Crippen LogP contribution in [0.25, 0.3) is 16.2 Å². The molecule has 0 bridgehead atoms. The number of rotatable bonds is 1. The van der Waals surface area contributed by atoms with Crippen LogP contribution in [0.3, 0.4) is 0 Å². The number of halogens is 2. The lowest BCUT2D eigenvalue weighted by atomic mass is 10.3. The Morgan fingerprint density at radius 2 is 2.06 bits per heavy atom. The van der Waals surface area contributed by atoms with Crippen LogP contribution >= 0.6 is 43.2 Å². The zero-order chi connectivity index (χ0) is 12.0. The van der Waals surface area contributed by atoms with Crippen LogP contribution in [0.15, 0.2) is 38.9 Å². The lowest BCUT2D eigenvalue weighted by molar-refractivity contribution is 1.15. The quantitative estimate of drug-likeness (QED) is 0.594. The standard InChI is InChI=1S/C12H8Br2N2S/c1-7-4-8(13)12-15-9(6-16(12)5-7)10-2-3-11(14)17-10/h2-6H,1H3. The fourth-order valence-corrected chi connectivity index (χ4v) is 3.76. The molecule has 0 aliphatic heterocycles. The van der Waals surface area contributed by atoms with E-state index in [2.05, 4.69) is 72.7 Å². The minimum Gasteiger partial charge on any atom is -0.305 e. The summed E-state index contributed by atoms with van der Waals surface area (Å²) in [6.07, 6.45) is 4.14. The Hall–Kier alpha value is -0.650. The summed E-state index contributed by atoms with van der Waals surface area (Å²) in [5, 5.41) is 0. The summed E-state index contributed by atoms with van der Waals surface area (Å²) < 4.78 is 4.21. The van der Waals surface area contributed by atoms with Crippen molar-refractivity contribution in [3.05, 3.63) is 44.4 Å². The molecule has 3 heterocycles. The number of aromatic nitrogens is 2. The molecular formula is C12H8Br2N2S. The molecule has 0 radical (unpaired) electrons. The Labute approximate surface area is 120 Å². The van der Waals surface area contributed by atoms with Crippen molar-refractivity contribution in [2.45, 2.75) is 6.92 Å². The molecule has 3 aromatic rings. The van der Waals surface area contributed by atoms with Gasteiger partial charge in [0.25, 0.3) is 0 Å². The molecule has 0 amide bonds. The molecule has 0 aliphatic rings. The van der Waals surface area contributed by atoms with Crippen molar-refractivity contribution in [2.75, 3.05) is 0 Å². The SMILES string of the molecule is Cc1cc(Br)c2nc(-c3ccc(Br)s3)cn2c1. The molecule has 0 aliphatic carbocycles. The molecule has 5 heteroatoms. The number of aryl methyl sites for hydroxylation is 1. The van der Waals surface area contributed by atoms with Gasteiger partial charge in [-0.25, -0.2) is 4.98 Å². The van der Waals surface area contributed by atoms with E-state index in [1.54, 1.807) is 11.3 Å². The summed E-state index contributed by atoms with van der Waals surface area (Å²) in [6, 6.07) is 6.21. The predicted octanol–water partition coefficient (Wildman–Crippen LogP) is 4.90. The van der Waals surface area contributed by atoms with Gasteiger partial charge in [0.1, 0.15) is 0 Å². The molecule has 0 N–H and O–H groups in total. The maximum absolute atomic E-state index is 4.64. The van der Waals surface area contributed by atoms with Gasteiger partial charge in [-0.05, 0) is 62.5 Å². The summed E-state index contributed by atoms with van der Waals surface area (Å²) in [7, 11) is 0. The molecule has 0 atom stereocenters. The topological polar surface area (TPSA) is 17.3 Å². The highest BCUT2D eigenvalue weighted by Gasteiger charge is 2.09. The predicted molar refractivity (Wildman–Crippen MR) is 78.6 cm³/mol. The van der Waals surface area contributed by atoms with Gasteiger partial charge in [0, 0.05) is 12.4 Å². The summed E-state index contributed by atoms with van der Waals surface area (Å²) in [5.41, 5.74) is 3.17. The third kappa shape index (κ3) is 2.07. The highest BCUT2D eigenvalue weighted by Crippen LogP contribution is 2.31. The van der Waals surface area contributed by atoms with E-state index in [1.165, 1.54) is 10.4 Å².